The first kappa shape index (κ1) is 11.0. The van der Waals surface area contributed by atoms with Crippen molar-refractivity contribution in [1.29, 1.82) is 0 Å². The molecule has 0 aromatic heterocycles. The molecule has 3 N–H and O–H groups in total. The molecule has 0 amide bonds. The van der Waals surface area contributed by atoms with Gasteiger partial charge in [0.1, 0.15) is 0 Å². The zero-order chi connectivity index (χ0) is 9.95. The summed E-state index contributed by atoms with van der Waals surface area (Å²) in [6, 6.07) is 0. The maximum absolute atomic E-state index is 9.82. The maximum atomic E-state index is 9.82. The molecular weight excluding hydrogens is 164 g/mol. The summed E-state index contributed by atoms with van der Waals surface area (Å²) in [6.45, 7) is 8.87. The first-order chi connectivity index (χ1) is 5.97. The van der Waals surface area contributed by atoms with Crippen molar-refractivity contribution in [3.63, 3.8) is 0 Å². The van der Waals surface area contributed by atoms with Crippen LogP contribution >= 0.6 is 0 Å². The monoisotopic (exact) mass is 186 g/mol. The molecule has 1 rings (SSSR count). The summed E-state index contributed by atoms with van der Waals surface area (Å²) in [5.74, 6) is 0. The molecule has 0 bridgehead atoms. The Morgan fingerprint density at radius 3 is 2.77 bits per heavy atom. The number of aliphatic hydroxyl groups is 1. The second-order valence-electron chi connectivity index (χ2n) is 4.69. The molecule has 1 aliphatic heterocycles. The van der Waals surface area contributed by atoms with Crippen molar-refractivity contribution in [2.45, 2.75) is 44.8 Å². The van der Waals surface area contributed by atoms with Crippen LogP contribution in [-0.4, -0.2) is 35.9 Å². The van der Waals surface area contributed by atoms with Crippen LogP contribution in [0.15, 0.2) is 0 Å². The quantitative estimate of drug-likeness (QED) is 0.598. The first-order valence-electron chi connectivity index (χ1n) is 5.16. The van der Waals surface area contributed by atoms with Crippen LogP contribution in [0.4, 0.5) is 0 Å². The van der Waals surface area contributed by atoms with Gasteiger partial charge in [0.15, 0.2) is 0 Å². The molecule has 0 saturated carbocycles. The third-order valence-electron chi connectivity index (χ3n) is 3.03. The van der Waals surface area contributed by atoms with Gasteiger partial charge in [-0.3, -0.25) is 0 Å². The standard InChI is InChI=1S/C10H22N2O/c1-4-10(3,13)8-12-9(2)5-6-11-7-9/h11-13H,4-8H2,1-3H3. The largest absolute Gasteiger partial charge is 0.389 e. The van der Waals surface area contributed by atoms with E-state index in [1.807, 2.05) is 13.8 Å². The van der Waals surface area contributed by atoms with Gasteiger partial charge in [0, 0.05) is 18.6 Å². The summed E-state index contributed by atoms with van der Waals surface area (Å²) >= 11 is 0. The summed E-state index contributed by atoms with van der Waals surface area (Å²) in [7, 11) is 0. The van der Waals surface area contributed by atoms with E-state index in [2.05, 4.69) is 17.6 Å². The maximum Gasteiger partial charge on any atom is 0.0741 e. The number of hydrogen-bond acceptors (Lipinski definition) is 3. The fourth-order valence-electron chi connectivity index (χ4n) is 1.50. The Kier molecular flexibility index (Phi) is 3.33. The van der Waals surface area contributed by atoms with Crippen LogP contribution in [0.3, 0.4) is 0 Å². The molecule has 1 fully saturated rings. The van der Waals surface area contributed by atoms with Crippen LogP contribution in [0.2, 0.25) is 0 Å². The minimum absolute atomic E-state index is 0.180. The van der Waals surface area contributed by atoms with Crippen molar-refractivity contribution in [3.8, 4) is 0 Å². The molecule has 3 nitrogen and oxygen atoms in total. The molecule has 0 spiro atoms. The van der Waals surface area contributed by atoms with E-state index in [4.69, 9.17) is 0 Å². The van der Waals surface area contributed by atoms with Gasteiger partial charge in [-0.15, -0.1) is 0 Å². The normalized spacial score (nSPS) is 33.2. The van der Waals surface area contributed by atoms with Gasteiger partial charge in [-0.2, -0.15) is 0 Å². The summed E-state index contributed by atoms with van der Waals surface area (Å²) < 4.78 is 0. The van der Waals surface area contributed by atoms with Crippen LogP contribution in [0.25, 0.3) is 0 Å². The third-order valence-corrected chi connectivity index (χ3v) is 3.03. The molecule has 0 aromatic rings. The molecule has 0 radical (unpaired) electrons. The van der Waals surface area contributed by atoms with E-state index in [-0.39, 0.29) is 5.54 Å². The minimum atomic E-state index is -0.564. The van der Waals surface area contributed by atoms with E-state index < -0.39 is 5.60 Å². The second kappa shape index (κ2) is 3.95. The highest BCUT2D eigenvalue weighted by Gasteiger charge is 2.30. The fraction of sp³-hybridized carbons (Fsp3) is 1.00. The molecule has 13 heavy (non-hydrogen) atoms. The minimum Gasteiger partial charge on any atom is -0.389 e. The number of hydrogen-bond donors (Lipinski definition) is 3. The summed E-state index contributed by atoms with van der Waals surface area (Å²) in [5, 5.41) is 16.6. The molecule has 2 unspecified atom stereocenters. The van der Waals surface area contributed by atoms with Crippen molar-refractivity contribution in [2.24, 2.45) is 0 Å². The molecule has 3 heteroatoms. The van der Waals surface area contributed by atoms with Crippen molar-refractivity contribution in [2.75, 3.05) is 19.6 Å². The zero-order valence-electron chi connectivity index (χ0n) is 8.98. The van der Waals surface area contributed by atoms with Crippen molar-refractivity contribution in [3.05, 3.63) is 0 Å². The van der Waals surface area contributed by atoms with Gasteiger partial charge < -0.3 is 15.7 Å². The average Bonchev–Trinajstić information content (AvgIpc) is 2.50. The van der Waals surface area contributed by atoms with Crippen LogP contribution in [0, 0.1) is 0 Å². The average molecular weight is 186 g/mol. The Morgan fingerprint density at radius 2 is 2.31 bits per heavy atom. The highest BCUT2D eigenvalue weighted by molar-refractivity contribution is 4.93. The van der Waals surface area contributed by atoms with Gasteiger partial charge in [0.25, 0.3) is 0 Å². The van der Waals surface area contributed by atoms with Gasteiger partial charge in [-0.05, 0) is 33.2 Å². The van der Waals surface area contributed by atoms with E-state index in [0.29, 0.717) is 6.54 Å². The lowest BCUT2D eigenvalue weighted by molar-refractivity contribution is 0.0483. The number of rotatable bonds is 4. The Balaban J connectivity index is 2.32. The SMILES string of the molecule is CCC(C)(O)CNC1(C)CCNC1. The first-order valence-corrected chi connectivity index (χ1v) is 5.16. The van der Waals surface area contributed by atoms with Crippen molar-refractivity contribution in [1.82, 2.24) is 10.6 Å². The highest BCUT2D eigenvalue weighted by atomic mass is 16.3. The molecule has 78 valence electrons. The van der Waals surface area contributed by atoms with E-state index in [0.717, 1.165) is 25.9 Å². The van der Waals surface area contributed by atoms with Gasteiger partial charge in [0.05, 0.1) is 5.60 Å². The molecule has 0 aliphatic carbocycles. The Bertz CT molecular complexity index is 162. The van der Waals surface area contributed by atoms with Crippen LogP contribution in [0.5, 0.6) is 0 Å². The molecule has 2 atom stereocenters. The molecule has 0 aromatic carbocycles. The number of nitrogens with one attached hydrogen (secondary N) is 2. The highest BCUT2D eigenvalue weighted by Crippen LogP contribution is 2.15. The Hall–Kier alpha value is -0.120. The summed E-state index contributed by atoms with van der Waals surface area (Å²) in [6.07, 6.45) is 1.94. The lowest BCUT2D eigenvalue weighted by atomic mass is 9.98. The Labute approximate surface area is 80.9 Å². The van der Waals surface area contributed by atoms with E-state index >= 15 is 0 Å². The van der Waals surface area contributed by atoms with Gasteiger partial charge in [0.2, 0.25) is 0 Å². The predicted octanol–water partition coefficient (Wildman–Crippen LogP) is 0.489. The van der Waals surface area contributed by atoms with Gasteiger partial charge in [-0.1, -0.05) is 6.92 Å². The van der Waals surface area contributed by atoms with Crippen LogP contribution in [-0.2, 0) is 0 Å². The fourth-order valence-corrected chi connectivity index (χ4v) is 1.50. The van der Waals surface area contributed by atoms with E-state index in [1.54, 1.807) is 0 Å². The summed E-state index contributed by atoms with van der Waals surface area (Å²) in [5.41, 5.74) is -0.384. The smallest absolute Gasteiger partial charge is 0.0741 e. The molecule has 1 saturated heterocycles. The van der Waals surface area contributed by atoms with Crippen LogP contribution < -0.4 is 10.6 Å². The lowest BCUT2D eigenvalue weighted by Gasteiger charge is -2.30. The second-order valence-corrected chi connectivity index (χ2v) is 4.69. The molecule has 1 aliphatic rings. The van der Waals surface area contributed by atoms with Gasteiger partial charge in [-0.25, -0.2) is 0 Å². The van der Waals surface area contributed by atoms with E-state index in [9.17, 15) is 5.11 Å². The van der Waals surface area contributed by atoms with Crippen molar-refractivity contribution < 1.29 is 5.11 Å². The third kappa shape index (κ3) is 3.25. The molecule has 1 heterocycles. The Morgan fingerprint density at radius 1 is 1.62 bits per heavy atom. The zero-order valence-corrected chi connectivity index (χ0v) is 8.98. The van der Waals surface area contributed by atoms with Gasteiger partial charge >= 0.3 is 0 Å². The summed E-state index contributed by atoms with van der Waals surface area (Å²) in [4.78, 5) is 0. The van der Waals surface area contributed by atoms with E-state index in [1.165, 1.54) is 0 Å². The number of β-amino-alcohol motifs (C(OH)–C–C–N with tert-alkyl or cyclic N) is 1. The lowest BCUT2D eigenvalue weighted by Crippen LogP contribution is -2.50. The van der Waals surface area contributed by atoms with Crippen LogP contribution in [0.1, 0.15) is 33.6 Å². The molecular formula is C10H22N2O. The topological polar surface area (TPSA) is 44.3 Å². The van der Waals surface area contributed by atoms with Crippen molar-refractivity contribution >= 4 is 0 Å². The predicted molar refractivity (Wildman–Crippen MR) is 54.8 cm³/mol.